The van der Waals surface area contributed by atoms with Gasteiger partial charge in [-0.15, -0.1) is 10.2 Å². The van der Waals surface area contributed by atoms with Crippen molar-refractivity contribution < 1.29 is 22.6 Å². The van der Waals surface area contributed by atoms with E-state index in [-0.39, 0.29) is 31.6 Å². The van der Waals surface area contributed by atoms with Gasteiger partial charge in [-0.2, -0.15) is 10.2 Å². The Kier molecular flexibility index (Phi) is 5.61. The second-order valence-electron chi connectivity index (χ2n) is 9.14. The van der Waals surface area contributed by atoms with Gasteiger partial charge in [-0.1, -0.05) is 11.3 Å². The molecule has 2 aliphatic heterocycles. The average molecular weight is 513 g/mol. The first-order chi connectivity index (χ1) is 17.9. The molecule has 0 aliphatic carbocycles. The number of likely N-dealkylation sites (tertiary alicyclic amines) is 1. The second kappa shape index (κ2) is 8.86. The summed E-state index contributed by atoms with van der Waals surface area (Å²) < 4.78 is 54.3. The molecule has 1 N–H and O–H groups in total. The molecule has 37 heavy (non-hydrogen) atoms. The quantitative estimate of drug-likeness (QED) is 0.397. The van der Waals surface area contributed by atoms with Gasteiger partial charge >= 0.3 is 0 Å². The number of ether oxygens (including phenoxy) is 2. The van der Waals surface area contributed by atoms with Crippen molar-refractivity contribution in [1.82, 2.24) is 34.5 Å². The molecule has 192 valence electrons. The van der Waals surface area contributed by atoms with E-state index in [1.165, 1.54) is 11.8 Å². The van der Waals surface area contributed by atoms with Crippen LogP contribution in [0.25, 0.3) is 27.7 Å². The maximum absolute atomic E-state index is 14.9. The number of halogens is 3. The summed E-state index contributed by atoms with van der Waals surface area (Å²) in [6.07, 6.45) is -2.08. The summed E-state index contributed by atoms with van der Waals surface area (Å²) in [6.45, 7) is 0.376. The average Bonchev–Trinajstić information content (AvgIpc) is 3.55. The Morgan fingerprint density at radius 2 is 2.14 bits per heavy atom. The SMILES string of the molecule is COc1nc(N[C@@H]2CN(C3(C#N)COC3)C[C@@H]2F)nn2ccc(-c3ccc4nnn(CC(F)F)c4c3)c12. The smallest absolute Gasteiger partial charge is 0.258 e. The fraction of sp³-hybridized carbons (Fsp3) is 0.435. The molecule has 0 radical (unpaired) electrons. The minimum Gasteiger partial charge on any atom is -0.479 e. The van der Waals surface area contributed by atoms with Gasteiger partial charge in [0, 0.05) is 24.8 Å². The first-order valence-corrected chi connectivity index (χ1v) is 11.6. The third-order valence-electron chi connectivity index (χ3n) is 6.87. The van der Waals surface area contributed by atoms with Crippen molar-refractivity contribution >= 4 is 22.5 Å². The Hall–Kier alpha value is -3.96. The highest BCUT2D eigenvalue weighted by atomic mass is 19.3. The van der Waals surface area contributed by atoms with Crippen molar-refractivity contribution in [2.24, 2.45) is 0 Å². The molecule has 4 aromatic rings. The van der Waals surface area contributed by atoms with Crippen molar-refractivity contribution in [3.8, 4) is 23.1 Å². The van der Waals surface area contributed by atoms with E-state index in [0.29, 0.717) is 28.7 Å². The molecule has 0 saturated carbocycles. The van der Waals surface area contributed by atoms with E-state index < -0.39 is 30.7 Å². The predicted octanol–water partition coefficient (Wildman–Crippen LogP) is 2.14. The Labute approximate surface area is 208 Å². The molecule has 14 heteroatoms. The summed E-state index contributed by atoms with van der Waals surface area (Å²) in [5, 5.41) is 24.8. The molecule has 1 aromatic carbocycles. The number of alkyl halides is 3. The van der Waals surface area contributed by atoms with Gasteiger partial charge in [0.05, 0.1) is 38.0 Å². The van der Waals surface area contributed by atoms with Crippen LogP contribution in [0.4, 0.5) is 19.1 Å². The molecule has 0 spiro atoms. The monoisotopic (exact) mass is 513 g/mol. The van der Waals surface area contributed by atoms with Crippen molar-refractivity contribution in [2.45, 2.75) is 30.7 Å². The van der Waals surface area contributed by atoms with Crippen LogP contribution in [0, 0.1) is 11.3 Å². The van der Waals surface area contributed by atoms with Crippen LogP contribution in [0.5, 0.6) is 5.88 Å². The fourth-order valence-corrected chi connectivity index (χ4v) is 4.86. The third-order valence-corrected chi connectivity index (χ3v) is 6.87. The maximum Gasteiger partial charge on any atom is 0.258 e. The van der Waals surface area contributed by atoms with E-state index in [9.17, 15) is 18.4 Å². The van der Waals surface area contributed by atoms with Crippen LogP contribution in [0.3, 0.4) is 0 Å². The van der Waals surface area contributed by atoms with Crippen molar-refractivity contribution in [1.29, 1.82) is 5.26 Å². The second-order valence-corrected chi connectivity index (χ2v) is 9.14. The number of nitrogens with zero attached hydrogens (tertiary/aromatic N) is 8. The number of aromatic nitrogens is 6. The summed E-state index contributed by atoms with van der Waals surface area (Å²) in [5.41, 5.74) is 2.17. The number of hydrogen-bond acceptors (Lipinski definition) is 9. The highest BCUT2D eigenvalue weighted by Crippen LogP contribution is 2.34. The van der Waals surface area contributed by atoms with Gasteiger partial charge in [0.1, 0.15) is 23.7 Å². The zero-order valence-electron chi connectivity index (χ0n) is 19.7. The number of fused-ring (bicyclic) bond motifs is 2. The van der Waals surface area contributed by atoms with Gasteiger partial charge < -0.3 is 14.8 Å². The Balaban J connectivity index is 1.31. The lowest BCUT2D eigenvalue weighted by molar-refractivity contribution is -0.102. The standard InChI is InChI=1S/C23H22F3N9O2/c1-36-21-20-14(13-2-3-16-18(6-13)35(32-30-16)9-19(25)26)4-5-34(20)31-22(29-21)28-17-8-33(7-15(17)24)23(10-27)11-37-12-23/h2-6,15,17,19H,7-9,11-12H2,1H3,(H,28,31)/t15-,17+/m0/s1. The van der Waals surface area contributed by atoms with E-state index in [1.807, 2.05) is 0 Å². The molecule has 2 atom stereocenters. The molecular formula is C23H22F3N9O2. The molecule has 0 unspecified atom stereocenters. The van der Waals surface area contributed by atoms with Crippen molar-refractivity contribution in [3.05, 3.63) is 30.5 Å². The first-order valence-electron chi connectivity index (χ1n) is 11.6. The van der Waals surface area contributed by atoms with Crippen LogP contribution in [-0.4, -0.2) is 92.1 Å². The lowest BCUT2D eigenvalue weighted by Crippen LogP contribution is -2.61. The summed E-state index contributed by atoms with van der Waals surface area (Å²) >= 11 is 0. The molecule has 2 aliphatic rings. The molecule has 2 fully saturated rings. The largest absolute Gasteiger partial charge is 0.479 e. The van der Waals surface area contributed by atoms with Gasteiger partial charge in [0.15, 0.2) is 5.54 Å². The number of hydrogen-bond donors (Lipinski definition) is 1. The van der Waals surface area contributed by atoms with Crippen LogP contribution in [-0.2, 0) is 11.3 Å². The minimum absolute atomic E-state index is 0.112. The predicted molar refractivity (Wildman–Crippen MR) is 125 cm³/mol. The van der Waals surface area contributed by atoms with Gasteiger partial charge in [-0.3, -0.25) is 4.90 Å². The number of nitriles is 1. The van der Waals surface area contributed by atoms with Gasteiger partial charge in [0.25, 0.3) is 6.43 Å². The lowest BCUT2D eigenvalue weighted by atomic mass is 9.98. The molecule has 3 aromatic heterocycles. The highest BCUT2D eigenvalue weighted by Gasteiger charge is 2.50. The van der Waals surface area contributed by atoms with E-state index in [4.69, 9.17) is 9.47 Å². The van der Waals surface area contributed by atoms with Crippen molar-refractivity contribution in [3.63, 3.8) is 0 Å². The normalized spacial score (nSPS) is 21.4. The topological polar surface area (TPSA) is 118 Å². The fourth-order valence-electron chi connectivity index (χ4n) is 4.86. The van der Waals surface area contributed by atoms with E-state index >= 15 is 0 Å². The van der Waals surface area contributed by atoms with Crippen LogP contribution in [0.1, 0.15) is 0 Å². The highest BCUT2D eigenvalue weighted by molar-refractivity contribution is 5.89. The Bertz CT molecular complexity index is 1510. The van der Waals surface area contributed by atoms with Crippen molar-refractivity contribution in [2.75, 3.05) is 38.7 Å². The lowest BCUT2D eigenvalue weighted by Gasteiger charge is -2.42. The van der Waals surface area contributed by atoms with Gasteiger partial charge in [-0.25, -0.2) is 22.4 Å². The van der Waals surface area contributed by atoms with Crippen LogP contribution in [0.15, 0.2) is 30.5 Å². The molecule has 6 rings (SSSR count). The number of nitrogens with one attached hydrogen (secondary N) is 1. The molecule has 5 heterocycles. The zero-order chi connectivity index (χ0) is 25.7. The Morgan fingerprint density at radius 1 is 1.30 bits per heavy atom. The number of benzene rings is 1. The molecule has 0 amide bonds. The summed E-state index contributed by atoms with van der Waals surface area (Å²) in [5.74, 6) is 0.425. The summed E-state index contributed by atoms with van der Waals surface area (Å²) in [6, 6.07) is 8.68. The summed E-state index contributed by atoms with van der Waals surface area (Å²) in [4.78, 5) is 6.25. The minimum atomic E-state index is -2.56. The first kappa shape index (κ1) is 23.4. The number of anilines is 1. The zero-order valence-corrected chi connectivity index (χ0v) is 19.7. The Morgan fingerprint density at radius 3 is 2.84 bits per heavy atom. The molecule has 2 saturated heterocycles. The number of methoxy groups -OCH3 is 1. The van der Waals surface area contributed by atoms with E-state index in [1.54, 1.807) is 39.9 Å². The third kappa shape index (κ3) is 3.91. The van der Waals surface area contributed by atoms with Crippen LogP contribution >= 0.6 is 0 Å². The number of rotatable bonds is 7. The molecule has 11 nitrogen and oxygen atoms in total. The summed E-state index contributed by atoms with van der Waals surface area (Å²) in [7, 11) is 1.47. The maximum atomic E-state index is 14.9. The molecular weight excluding hydrogens is 491 g/mol. The van der Waals surface area contributed by atoms with E-state index in [0.717, 1.165) is 5.56 Å². The van der Waals surface area contributed by atoms with Gasteiger partial charge in [0.2, 0.25) is 11.8 Å². The van der Waals surface area contributed by atoms with Crippen LogP contribution < -0.4 is 10.1 Å². The molecule has 0 bridgehead atoms. The van der Waals surface area contributed by atoms with Gasteiger partial charge in [-0.05, 0) is 23.8 Å². The van der Waals surface area contributed by atoms with E-state index in [2.05, 4.69) is 31.8 Å². The van der Waals surface area contributed by atoms with Crippen LogP contribution in [0.2, 0.25) is 0 Å².